The molecular weight excluding hydrogens is 288 g/mol. The smallest absolute Gasteiger partial charge is 0.140 e. The van der Waals surface area contributed by atoms with Crippen molar-refractivity contribution in [3.8, 4) is 11.3 Å². The van der Waals surface area contributed by atoms with Crippen LogP contribution in [0.3, 0.4) is 0 Å². The molecule has 3 aromatic heterocycles. The first-order valence-corrected chi connectivity index (χ1v) is 7.31. The monoisotopic (exact) mass is 300 g/mol. The normalized spacial score (nSPS) is 13.0. The number of rotatable bonds is 1. The van der Waals surface area contributed by atoms with Crippen molar-refractivity contribution in [2.45, 2.75) is 0 Å². The Kier molecular flexibility index (Phi) is 2.40. The van der Waals surface area contributed by atoms with Crippen LogP contribution >= 0.6 is 0 Å². The van der Waals surface area contributed by atoms with E-state index >= 15 is 0 Å². The molecule has 3 N–H and O–H groups in total. The molecule has 0 radical (unpaired) electrons. The van der Waals surface area contributed by atoms with Crippen LogP contribution in [-0.2, 0) is 0 Å². The van der Waals surface area contributed by atoms with Crippen molar-refractivity contribution in [2.75, 3.05) is 5.32 Å². The van der Waals surface area contributed by atoms with Gasteiger partial charge in [0.1, 0.15) is 11.5 Å². The van der Waals surface area contributed by atoms with Gasteiger partial charge in [0.15, 0.2) is 0 Å². The van der Waals surface area contributed by atoms with E-state index in [1.165, 1.54) is 0 Å². The molecule has 0 spiro atoms. The maximum atomic E-state index is 4.83. The van der Waals surface area contributed by atoms with Crippen LogP contribution in [0.15, 0.2) is 60.0 Å². The Bertz CT molecular complexity index is 1060. The minimum absolute atomic E-state index is 0.775. The average molecular weight is 300 g/mol. The molecule has 6 nitrogen and oxygen atoms in total. The zero-order valence-corrected chi connectivity index (χ0v) is 12.0. The quantitative estimate of drug-likeness (QED) is 0.503. The molecule has 4 aromatic rings. The van der Waals surface area contributed by atoms with Crippen LogP contribution in [-0.4, -0.2) is 26.0 Å². The zero-order valence-electron chi connectivity index (χ0n) is 12.0. The second-order valence-corrected chi connectivity index (χ2v) is 5.36. The number of pyridine rings is 1. The van der Waals surface area contributed by atoms with E-state index in [0.29, 0.717) is 0 Å². The van der Waals surface area contributed by atoms with E-state index in [1.807, 2.05) is 42.6 Å². The summed E-state index contributed by atoms with van der Waals surface area (Å²) < 4.78 is 0. The topological polar surface area (TPSA) is 81.8 Å². The minimum Gasteiger partial charge on any atom is -0.345 e. The summed E-state index contributed by atoms with van der Waals surface area (Å²) in [4.78, 5) is 12.4. The number of nitrogens with one attached hydrogen (secondary N) is 3. The lowest BCUT2D eigenvalue weighted by molar-refractivity contribution is 1.09. The van der Waals surface area contributed by atoms with Crippen molar-refractivity contribution in [1.29, 1.82) is 0 Å². The highest BCUT2D eigenvalue weighted by Gasteiger charge is 2.20. The highest BCUT2D eigenvalue weighted by atomic mass is 15.2. The molecule has 0 fully saturated rings. The number of anilines is 1. The van der Waals surface area contributed by atoms with Crippen molar-refractivity contribution in [2.24, 2.45) is 4.99 Å². The highest BCUT2D eigenvalue weighted by Crippen LogP contribution is 2.37. The lowest BCUT2D eigenvalue weighted by atomic mass is 10.1. The number of H-pyrrole nitrogens is 2. The van der Waals surface area contributed by atoms with Gasteiger partial charge < -0.3 is 10.3 Å². The van der Waals surface area contributed by atoms with E-state index < -0.39 is 0 Å². The van der Waals surface area contributed by atoms with Crippen molar-refractivity contribution >= 4 is 28.2 Å². The van der Waals surface area contributed by atoms with Gasteiger partial charge in [-0.1, -0.05) is 18.2 Å². The van der Waals surface area contributed by atoms with Crippen LogP contribution in [0.25, 0.3) is 22.3 Å². The third-order valence-corrected chi connectivity index (χ3v) is 4.00. The van der Waals surface area contributed by atoms with Gasteiger partial charge in [-0.15, -0.1) is 0 Å². The fraction of sp³-hybridized carbons (Fsp3) is 0. The van der Waals surface area contributed by atoms with Crippen molar-refractivity contribution < 1.29 is 0 Å². The number of aromatic nitrogens is 4. The highest BCUT2D eigenvalue weighted by molar-refractivity contribution is 6.18. The van der Waals surface area contributed by atoms with E-state index in [1.54, 1.807) is 12.4 Å². The molecule has 1 aliphatic heterocycles. The molecule has 0 atom stereocenters. The predicted octanol–water partition coefficient (Wildman–Crippen LogP) is 3.46. The fourth-order valence-electron chi connectivity index (χ4n) is 2.92. The first kappa shape index (κ1) is 12.2. The Labute approximate surface area is 131 Å². The van der Waals surface area contributed by atoms with E-state index in [0.717, 1.165) is 45.1 Å². The van der Waals surface area contributed by atoms with Gasteiger partial charge in [0, 0.05) is 28.9 Å². The fourth-order valence-corrected chi connectivity index (χ4v) is 2.92. The Morgan fingerprint density at radius 3 is 2.91 bits per heavy atom. The molecule has 1 aliphatic rings. The summed E-state index contributed by atoms with van der Waals surface area (Å²) in [7, 11) is 0. The summed E-state index contributed by atoms with van der Waals surface area (Å²) >= 11 is 0. The molecule has 110 valence electrons. The summed E-state index contributed by atoms with van der Waals surface area (Å²) in [5.41, 5.74) is 5.61. The number of amidine groups is 1. The van der Waals surface area contributed by atoms with Crippen LogP contribution in [0.1, 0.15) is 5.56 Å². The van der Waals surface area contributed by atoms with E-state index in [2.05, 4.69) is 25.5 Å². The number of hydrogen-bond acceptors (Lipinski definition) is 4. The summed E-state index contributed by atoms with van der Waals surface area (Å²) in [5.74, 6) is 0.775. The van der Waals surface area contributed by atoms with Crippen molar-refractivity contribution in [3.63, 3.8) is 0 Å². The Morgan fingerprint density at radius 2 is 1.91 bits per heavy atom. The number of para-hydroxylation sites is 1. The molecule has 6 heteroatoms. The van der Waals surface area contributed by atoms with Crippen LogP contribution in [0, 0.1) is 0 Å². The summed E-state index contributed by atoms with van der Waals surface area (Å²) in [6.45, 7) is 0. The van der Waals surface area contributed by atoms with Crippen LogP contribution < -0.4 is 5.32 Å². The van der Waals surface area contributed by atoms with Crippen LogP contribution in [0.5, 0.6) is 0 Å². The molecule has 0 unspecified atom stereocenters. The van der Waals surface area contributed by atoms with Crippen molar-refractivity contribution in [3.05, 3.63) is 60.6 Å². The van der Waals surface area contributed by atoms with Gasteiger partial charge in [0.05, 0.1) is 23.3 Å². The van der Waals surface area contributed by atoms with Crippen LogP contribution in [0.2, 0.25) is 0 Å². The molecule has 23 heavy (non-hydrogen) atoms. The zero-order chi connectivity index (χ0) is 15.2. The first-order chi connectivity index (χ1) is 11.4. The Morgan fingerprint density at radius 1 is 0.957 bits per heavy atom. The second-order valence-electron chi connectivity index (χ2n) is 5.36. The number of nitrogens with zero attached hydrogens (tertiary/aromatic N) is 3. The summed E-state index contributed by atoms with van der Waals surface area (Å²) in [6.07, 6.45) is 5.48. The van der Waals surface area contributed by atoms with Gasteiger partial charge in [-0.2, -0.15) is 5.10 Å². The molecule has 0 aliphatic carbocycles. The number of hydrogen-bond donors (Lipinski definition) is 3. The second kappa shape index (κ2) is 4.54. The number of aromatic amines is 2. The third-order valence-electron chi connectivity index (χ3n) is 4.00. The largest absolute Gasteiger partial charge is 0.345 e. The minimum atomic E-state index is 0.775. The summed E-state index contributed by atoms with van der Waals surface area (Å²) in [6, 6.07) is 12.0. The predicted molar refractivity (Wildman–Crippen MR) is 89.9 cm³/mol. The molecule has 5 rings (SSSR count). The van der Waals surface area contributed by atoms with Crippen molar-refractivity contribution in [1.82, 2.24) is 20.2 Å². The number of fused-ring (bicyclic) bond motifs is 4. The van der Waals surface area contributed by atoms with Gasteiger partial charge in [-0.3, -0.25) is 5.10 Å². The molecule has 0 saturated heterocycles. The third kappa shape index (κ3) is 1.78. The summed E-state index contributed by atoms with van der Waals surface area (Å²) in [5, 5.41) is 11.6. The lowest BCUT2D eigenvalue weighted by Gasteiger charge is -2.05. The van der Waals surface area contributed by atoms with E-state index in [9.17, 15) is 0 Å². The van der Waals surface area contributed by atoms with Gasteiger partial charge in [0.25, 0.3) is 0 Å². The maximum Gasteiger partial charge on any atom is 0.140 e. The van der Waals surface area contributed by atoms with Gasteiger partial charge >= 0.3 is 0 Å². The molecule has 4 heterocycles. The maximum absolute atomic E-state index is 4.83. The van der Waals surface area contributed by atoms with Gasteiger partial charge in [-0.05, 0) is 18.2 Å². The molecule has 0 amide bonds. The molecule has 0 saturated carbocycles. The van der Waals surface area contributed by atoms with E-state index in [-0.39, 0.29) is 0 Å². The number of benzene rings is 1. The SMILES string of the molecule is c1ccc2c(c1)N=C(c1c[nH]c3ncccc13)Nc1cn[nH]c1-2. The van der Waals surface area contributed by atoms with Gasteiger partial charge in [-0.25, -0.2) is 9.98 Å². The molecule has 0 bridgehead atoms. The van der Waals surface area contributed by atoms with E-state index in [4.69, 9.17) is 4.99 Å². The van der Waals surface area contributed by atoms with Gasteiger partial charge in [0.2, 0.25) is 0 Å². The molecular formula is C17H12N6. The van der Waals surface area contributed by atoms with Crippen LogP contribution in [0.4, 0.5) is 11.4 Å². The Balaban J connectivity index is 1.78. The standard InChI is InChI=1S/C17H12N6/c1-2-6-13-11(4-1)15-14(9-20-23-15)22-17(21-13)12-8-19-16-10(12)5-3-7-18-16/h1-9H,(H,18,19)(H,20,23)(H,21,22). The first-order valence-electron chi connectivity index (χ1n) is 7.31. The average Bonchev–Trinajstić information content (AvgIpc) is 3.19. The molecule has 1 aromatic carbocycles. The number of aliphatic imine (C=N–C) groups is 1. The lowest BCUT2D eigenvalue weighted by Crippen LogP contribution is -2.12. The Hall–Kier alpha value is -3.41.